The van der Waals surface area contributed by atoms with Gasteiger partial charge in [0.15, 0.2) is 0 Å². The Kier molecular flexibility index (Phi) is 3.40. The van der Waals surface area contributed by atoms with Gasteiger partial charge in [-0.3, -0.25) is 0 Å². The number of fused-ring (bicyclic) bond motifs is 2. The second kappa shape index (κ2) is 4.84. The van der Waals surface area contributed by atoms with Crippen LogP contribution < -0.4 is 0 Å². The third-order valence-corrected chi connectivity index (χ3v) is 6.33. The maximum absolute atomic E-state index is 13.7. The summed E-state index contributed by atoms with van der Waals surface area (Å²) in [4.78, 5) is 2.56. The van der Waals surface area contributed by atoms with Gasteiger partial charge in [-0.2, -0.15) is 0 Å². The molecule has 0 N–H and O–H groups in total. The highest BCUT2D eigenvalue weighted by Crippen LogP contribution is 2.58. The van der Waals surface area contributed by atoms with Crippen molar-refractivity contribution in [1.29, 1.82) is 0 Å². The van der Waals surface area contributed by atoms with Gasteiger partial charge in [0.05, 0.1) is 0 Å². The zero-order valence-corrected chi connectivity index (χ0v) is 13.0. The Hall–Kier alpha value is -0.890. The molecule has 1 aliphatic carbocycles. The molecule has 1 aliphatic heterocycles. The lowest BCUT2D eigenvalue weighted by atomic mass is 9.63. The van der Waals surface area contributed by atoms with Gasteiger partial charge < -0.3 is 4.90 Å². The Labute approximate surface area is 122 Å². The summed E-state index contributed by atoms with van der Waals surface area (Å²) in [5.41, 5.74) is 1.75. The lowest BCUT2D eigenvalue weighted by Crippen LogP contribution is -2.52. The summed E-state index contributed by atoms with van der Waals surface area (Å²) in [7, 11) is 0. The minimum absolute atomic E-state index is 0.0565. The molecule has 20 heavy (non-hydrogen) atoms. The standard InChI is InChI=1S/C18H26FN/c1-17(2)15-8-10-18(17,3)13-20(12-15)11-9-14-6-4-5-7-16(14)19/h4-7,15H,8-13H2,1-3H3/t15?,18-/m1/s1. The van der Waals surface area contributed by atoms with Crippen molar-refractivity contribution in [3.05, 3.63) is 35.6 Å². The highest BCUT2D eigenvalue weighted by atomic mass is 19.1. The van der Waals surface area contributed by atoms with Crippen LogP contribution >= 0.6 is 0 Å². The molecule has 2 fully saturated rings. The van der Waals surface area contributed by atoms with Crippen LogP contribution in [-0.4, -0.2) is 24.5 Å². The normalized spacial score (nSPS) is 32.5. The van der Waals surface area contributed by atoms with E-state index < -0.39 is 0 Å². The lowest BCUT2D eigenvalue weighted by molar-refractivity contribution is -0.0170. The van der Waals surface area contributed by atoms with E-state index in [0.717, 1.165) is 24.4 Å². The quantitative estimate of drug-likeness (QED) is 0.802. The van der Waals surface area contributed by atoms with Crippen LogP contribution in [0.5, 0.6) is 0 Å². The van der Waals surface area contributed by atoms with E-state index in [1.807, 2.05) is 12.1 Å². The zero-order chi connectivity index (χ0) is 14.4. The third kappa shape index (κ3) is 2.18. The third-order valence-electron chi connectivity index (χ3n) is 6.33. The van der Waals surface area contributed by atoms with Crippen LogP contribution in [0.3, 0.4) is 0 Å². The summed E-state index contributed by atoms with van der Waals surface area (Å²) in [5.74, 6) is 0.751. The zero-order valence-electron chi connectivity index (χ0n) is 13.0. The van der Waals surface area contributed by atoms with E-state index in [2.05, 4.69) is 25.7 Å². The Morgan fingerprint density at radius 1 is 1.25 bits per heavy atom. The van der Waals surface area contributed by atoms with E-state index in [9.17, 15) is 4.39 Å². The Morgan fingerprint density at radius 2 is 2.00 bits per heavy atom. The molecule has 2 heteroatoms. The second-order valence-electron chi connectivity index (χ2n) is 7.59. The molecule has 0 amide bonds. The molecule has 1 aromatic carbocycles. The minimum atomic E-state index is -0.0565. The molecule has 0 radical (unpaired) electrons. The molecule has 1 aromatic rings. The fraction of sp³-hybridized carbons (Fsp3) is 0.667. The number of rotatable bonds is 3. The van der Waals surface area contributed by atoms with E-state index in [0.29, 0.717) is 10.8 Å². The summed E-state index contributed by atoms with van der Waals surface area (Å²) >= 11 is 0. The predicted molar refractivity (Wildman–Crippen MR) is 81.2 cm³/mol. The number of benzene rings is 1. The summed E-state index contributed by atoms with van der Waals surface area (Å²) < 4.78 is 13.7. The maximum atomic E-state index is 13.7. The molecule has 1 saturated heterocycles. The van der Waals surface area contributed by atoms with Crippen LogP contribution in [-0.2, 0) is 6.42 Å². The van der Waals surface area contributed by atoms with Crippen LogP contribution in [0.2, 0.25) is 0 Å². The minimum Gasteiger partial charge on any atom is -0.302 e. The number of piperidine rings is 1. The number of hydrogen-bond donors (Lipinski definition) is 0. The molecule has 110 valence electrons. The van der Waals surface area contributed by atoms with Crippen molar-refractivity contribution >= 4 is 0 Å². The van der Waals surface area contributed by atoms with E-state index in [1.165, 1.54) is 25.9 Å². The van der Waals surface area contributed by atoms with Gasteiger partial charge in [0.2, 0.25) is 0 Å². The van der Waals surface area contributed by atoms with Gasteiger partial charge in [-0.05, 0) is 47.6 Å². The van der Waals surface area contributed by atoms with Gasteiger partial charge >= 0.3 is 0 Å². The smallest absolute Gasteiger partial charge is 0.126 e. The van der Waals surface area contributed by atoms with Gasteiger partial charge in [-0.15, -0.1) is 0 Å². The monoisotopic (exact) mass is 275 g/mol. The summed E-state index contributed by atoms with van der Waals surface area (Å²) in [6.07, 6.45) is 3.54. The molecule has 1 unspecified atom stereocenters. The fourth-order valence-corrected chi connectivity index (χ4v) is 4.29. The van der Waals surface area contributed by atoms with E-state index in [1.54, 1.807) is 12.1 Å². The van der Waals surface area contributed by atoms with Crippen LogP contribution in [0.15, 0.2) is 24.3 Å². The van der Waals surface area contributed by atoms with Crippen molar-refractivity contribution in [2.24, 2.45) is 16.7 Å². The van der Waals surface area contributed by atoms with Crippen molar-refractivity contribution < 1.29 is 4.39 Å². The lowest BCUT2D eigenvalue weighted by Gasteiger charge is -2.50. The molecule has 2 aliphatic rings. The van der Waals surface area contributed by atoms with Crippen LogP contribution in [0.1, 0.15) is 39.2 Å². The Balaban J connectivity index is 1.65. The average molecular weight is 275 g/mol. The summed E-state index contributed by atoms with van der Waals surface area (Å²) in [5, 5.41) is 0. The number of likely N-dealkylation sites (tertiary alicyclic amines) is 1. The Bertz CT molecular complexity index is 496. The van der Waals surface area contributed by atoms with Crippen molar-refractivity contribution in [2.45, 2.75) is 40.0 Å². The van der Waals surface area contributed by atoms with Crippen molar-refractivity contribution in [3.8, 4) is 0 Å². The molecular weight excluding hydrogens is 249 g/mol. The van der Waals surface area contributed by atoms with Crippen LogP contribution in [0, 0.1) is 22.6 Å². The first kappa shape index (κ1) is 14.1. The largest absolute Gasteiger partial charge is 0.302 e. The fourth-order valence-electron chi connectivity index (χ4n) is 4.29. The molecule has 0 spiro atoms. The SMILES string of the molecule is CC1(C)C2CC[C@]1(C)CN(CCc1ccccc1F)C2. The van der Waals surface area contributed by atoms with E-state index >= 15 is 0 Å². The molecule has 0 aromatic heterocycles. The molecule has 2 bridgehead atoms. The molecule has 1 heterocycles. The summed E-state index contributed by atoms with van der Waals surface area (Å²) in [6.45, 7) is 10.7. The molecule has 1 nitrogen and oxygen atoms in total. The maximum Gasteiger partial charge on any atom is 0.126 e. The molecule has 1 saturated carbocycles. The van der Waals surface area contributed by atoms with Crippen LogP contribution in [0.25, 0.3) is 0 Å². The Morgan fingerprint density at radius 3 is 2.70 bits per heavy atom. The van der Waals surface area contributed by atoms with Gasteiger partial charge in [0, 0.05) is 19.6 Å². The topological polar surface area (TPSA) is 3.24 Å². The number of nitrogens with zero attached hydrogens (tertiary/aromatic N) is 1. The van der Waals surface area contributed by atoms with Gasteiger partial charge in [0.1, 0.15) is 5.82 Å². The highest BCUT2D eigenvalue weighted by molar-refractivity contribution is 5.17. The van der Waals surface area contributed by atoms with E-state index in [4.69, 9.17) is 0 Å². The van der Waals surface area contributed by atoms with E-state index in [-0.39, 0.29) is 5.82 Å². The van der Waals surface area contributed by atoms with Crippen LogP contribution in [0.4, 0.5) is 4.39 Å². The molecular formula is C18H26FN. The first-order valence-electron chi connectivity index (χ1n) is 7.88. The molecule has 3 rings (SSSR count). The number of hydrogen-bond acceptors (Lipinski definition) is 1. The van der Waals surface area contributed by atoms with Gasteiger partial charge in [0.25, 0.3) is 0 Å². The first-order valence-corrected chi connectivity index (χ1v) is 7.88. The summed E-state index contributed by atoms with van der Waals surface area (Å²) in [6, 6.07) is 7.19. The van der Waals surface area contributed by atoms with Gasteiger partial charge in [-0.25, -0.2) is 4.39 Å². The molecule has 2 atom stereocenters. The average Bonchev–Trinajstić information content (AvgIpc) is 2.55. The van der Waals surface area contributed by atoms with Crippen molar-refractivity contribution in [1.82, 2.24) is 4.90 Å². The van der Waals surface area contributed by atoms with Gasteiger partial charge in [-0.1, -0.05) is 39.0 Å². The number of halogens is 1. The first-order chi connectivity index (χ1) is 9.42. The van der Waals surface area contributed by atoms with Crippen molar-refractivity contribution in [2.75, 3.05) is 19.6 Å². The predicted octanol–water partition coefficient (Wildman–Crippen LogP) is 4.13. The van der Waals surface area contributed by atoms with Crippen molar-refractivity contribution in [3.63, 3.8) is 0 Å². The highest BCUT2D eigenvalue weighted by Gasteiger charge is 2.55. The second-order valence-corrected chi connectivity index (χ2v) is 7.59.